The predicted molar refractivity (Wildman–Crippen MR) is 74.9 cm³/mol. The molecule has 0 saturated heterocycles. The van der Waals surface area contributed by atoms with Crippen molar-refractivity contribution in [1.82, 2.24) is 0 Å². The highest BCUT2D eigenvalue weighted by Crippen LogP contribution is 2.28. The molecular weight excluding hydrogens is 264 g/mol. The van der Waals surface area contributed by atoms with Crippen molar-refractivity contribution < 1.29 is 18.6 Å². The molecule has 0 aromatic heterocycles. The van der Waals surface area contributed by atoms with Crippen molar-refractivity contribution in [2.75, 3.05) is 5.75 Å². The van der Waals surface area contributed by atoms with E-state index >= 15 is 0 Å². The Morgan fingerprint density at radius 3 is 2.11 bits per heavy atom. The minimum Gasteiger partial charge on any atom is -0.387 e. The average molecular weight is 286 g/mol. The van der Waals surface area contributed by atoms with E-state index in [1.165, 1.54) is 26.8 Å². The maximum absolute atomic E-state index is 12.4. The van der Waals surface area contributed by atoms with E-state index in [0.717, 1.165) is 5.56 Å². The molecule has 1 rings (SSSR count). The van der Waals surface area contributed by atoms with Crippen LogP contribution >= 0.6 is 0 Å². The number of rotatable bonds is 4. The number of aryl methyl sites for hydroxylation is 1. The SMILES string of the molecule is Cc1cccc(S(=O)(=O)CC(C)(O)C(C)(C)O)c1C. The number of sulfone groups is 1. The molecule has 1 unspecified atom stereocenters. The van der Waals surface area contributed by atoms with Crippen LogP contribution in [0.25, 0.3) is 0 Å². The lowest BCUT2D eigenvalue weighted by Gasteiger charge is -2.35. The molecule has 4 nitrogen and oxygen atoms in total. The molecule has 0 amide bonds. The fourth-order valence-corrected chi connectivity index (χ4v) is 3.85. The van der Waals surface area contributed by atoms with Crippen LogP contribution < -0.4 is 0 Å². The molecule has 0 fully saturated rings. The molecule has 0 aliphatic carbocycles. The first-order chi connectivity index (χ1) is 8.38. The van der Waals surface area contributed by atoms with Gasteiger partial charge in [-0.15, -0.1) is 0 Å². The van der Waals surface area contributed by atoms with Crippen LogP contribution in [-0.4, -0.2) is 35.6 Å². The van der Waals surface area contributed by atoms with Crippen LogP contribution in [0.15, 0.2) is 23.1 Å². The standard InChI is InChI=1S/C14H22O4S/c1-10-7-6-8-12(11(10)2)19(17,18)9-14(5,16)13(3,4)15/h6-8,15-16H,9H2,1-5H3. The highest BCUT2D eigenvalue weighted by atomic mass is 32.2. The molecule has 0 aliphatic rings. The van der Waals surface area contributed by atoms with Crippen LogP contribution in [0.1, 0.15) is 31.9 Å². The lowest BCUT2D eigenvalue weighted by atomic mass is 9.90. The average Bonchev–Trinajstić information content (AvgIpc) is 2.18. The molecule has 19 heavy (non-hydrogen) atoms. The van der Waals surface area contributed by atoms with Crippen molar-refractivity contribution >= 4 is 9.84 Å². The van der Waals surface area contributed by atoms with Gasteiger partial charge >= 0.3 is 0 Å². The molecule has 2 N–H and O–H groups in total. The van der Waals surface area contributed by atoms with Crippen molar-refractivity contribution in [3.05, 3.63) is 29.3 Å². The Balaban J connectivity index is 3.24. The second-order valence-electron chi connectivity index (χ2n) is 5.79. The Labute approximate surface area is 115 Å². The third kappa shape index (κ3) is 3.35. The van der Waals surface area contributed by atoms with E-state index in [1.54, 1.807) is 13.0 Å². The topological polar surface area (TPSA) is 74.6 Å². The van der Waals surface area contributed by atoms with Gasteiger partial charge in [0.05, 0.1) is 16.2 Å². The third-order valence-corrected chi connectivity index (χ3v) is 5.73. The van der Waals surface area contributed by atoms with Crippen LogP contribution in [-0.2, 0) is 9.84 Å². The van der Waals surface area contributed by atoms with Gasteiger partial charge in [0.1, 0.15) is 5.60 Å². The van der Waals surface area contributed by atoms with Gasteiger partial charge in [0.15, 0.2) is 9.84 Å². The number of hydrogen-bond donors (Lipinski definition) is 2. The van der Waals surface area contributed by atoms with E-state index in [1.807, 2.05) is 13.0 Å². The number of benzene rings is 1. The van der Waals surface area contributed by atoms with E-state index < -0.39 is 26.8 Å². The molecule has 0 aliphatic heterocycles. The number of aliphatic hydroxyl groups is 2. The monoisotopic (exact) mass is 286 g/mol. The second kappa shape index (κ2) is 4.89. The van der Waals surface area contributed by atoms with Gasteiger partial charge in [0.2, 0.25) is 0 Å². The fourth-order valence-electron chi connectivity index (χ4n) is 1.69. The Kier molecular flexibility index (Phi) is 4.15. The van der Waals surface area contributed by atoms with Crippen LogP contribution in [0.5, 0.6) is 0 Å². The van der Waals surface area contributed by atoms with Gasteiger partial charge in [0.25, 0.3) is 0 Å². The van der Waals surface area contributed by atoms with E-state index in [4.69, 9.17) is 0 Å². The van der Waals surface area contributed by atoms with Gasteiger partial charge in [0, 0.05) is 0 Å². The Morgan fingerprint density at radius 2 is 1.63 bits per heavy atom. The van der Waals surface area contributed by atoms with Crippen molar-refractivity contribution in [1.29, 1.82) is 0 Å². The smallest absolute Gasteiger partial charge is 0.181 e. The van der Waals surface area contributed by atoms with Gasteiger partial charge in [-0.2, -0.15) is 0 Å². The molecule has 1 aromatic carbocycles. The Morgan fingerprint density at radius 1 is 1.11 bits per heavy atom. The molecule has 0 spiro atoms. The molecule has 0 radical (unpaired) electrons. The van der Waals surface area contributed by atoms with Gasteiger partial charge in [-0.25, -0.2) is 8.42 Å². The first kappa shape index (κ1) is 16.1. The van der Waals surface area contributed by atoms with Gasteiger partial charge in [-0.3, -0.25) is 0 Å². The summed E-state index contributed by atoms with van der Waals surface area (Å²) in [5, 5.41) is 20.0. The van der Waals surface area contributed by atoms with Crippen LogP contribution in [0.2, 0.25) is 0 Å². The van der Waals surface area contributed by atoms with Crippen LogP contribution in [0.3, 0.4) is 0 Å². The summed E-state index contributed by atoms with van der Waals surface area (Å²) >= 11 is 0. The fraction of sp³-hybridized carbons (Fsp3) is 0.571. The summed E-state index contributed by atoms with van der Waals surface area (Å²) < 4.78 is 24.8. The van der Waals surface area contributed by atoms with Crippen molar-refractivity contribution in [2.24, 2.45) is 0 Å². The largest absolute Gasteiger partial charge is 0.387 e. The maximum Gasteiger partial charge on any atom is 0.181 e. The highest BCUT2D eigenvalue weighted by molar-refractivity contribution is 7.91. The first-order valence-corrected chi connectivity index (χ1v) is 7.77. The van der Waals surface area contributed by atoms with E-state index in [9.17, 15) is 18.6 Å². The summed E-state index contributed by atoms with van der Waals surface area (Å²) in [6.07, 6.45) is 0. The van der Waals surface area contributed by atoms with Crippen LogP contribution in [0.4, 0.5) is 0 Å². The minimum absolute atomic E-state index is 0.206. The zero-order chi connectivity index (χ0) is 15.1. The van der Waals surface area contributed by atoms with Crippen LogP contribution in [0, 0.1) is 13.8 Å². The minimum atomic E-state index is -3.66. The van der Waals surface area contributed by atoms with Crippen molar-refractivity contribution in [2.45, 2.75) is 50.7 Å². The molecule has 1 aromatic rings. The second-order valence-corrected chi connectivity index (χ2v) is 7.75. The Bertz CT molecular complexity index is 566. The lowest BCUT2D eigenvalue weighted by Crippen LogP contribution is -2.52. The quantitative estimate of drug-likeness (QED) is 0.881. The maximum atomic E-state index is 12.4. The van der Waals surface area contributed by atoms with E-state index in [0.29, 0.717) is 5.56 Å². The van der Waals surface area contributed by atoms with Gasteiger partial charge in [-0.05, 0) is 51.8 Å². The van der Waals surface area contributed by atoms with E-state index in [2.05, 4.69) is 0 Å². The predicted octanol–water partition coefficient (Wildman–Crippen LogP) is 1.60. The van der Waals surface area contributed by atoms with Gasteiger partial charge in [-0.1, -0.05) is 12.1 Å². The Hall–Kier alpha value is -0.910. The molecule has 0 saturated carbocycles. The van der Waals surface area contributed by atoms with Crippen molar-refractivity contribution in [3.8, 4) is 0 Å². The summed E-state index contributed by atoms with van der Waals surface area (Å²) in [4.78, 5) is 0.206. The summed E-state index contributed by atoms with van der Waals surface area (Å²) in [6.45, 7) is 7.69. The molecule has 5 heteroatoms. The normalized spacial score (nSPS) is 16.2. The summed E-state index contributed by atoms with van der Waals surface area (Å²) in [7, 11) is -3.66. The van der Waals surface area contributed by atoms with Crippen molar-refractivity contribution in [3.63, 3.8) is 0 Å². The number of hydrogen-bond acceptors (Lipinski definition) is 4. The first-order valence-electron chi connectivity index (χ1n) is 6.12. The molecular formula is C14H22O4S. The molecule has 108 valence electrons. The highest BCUT2D eigenvalue weighted by Gasteiger charge is 2.42. The zero-order valence-electron chi connectivity index (χ0n) is 12.1. The lowest BCUT2D eigenvalue weighted by molar-refractivity contribution is -0.105. The molecule has 0 heterocycles. The third-order valence-electron chi connectivity index (χ3n) is 3.68. The summed E-state index contributed by atoms with van der Waals surface area (Å²) in [6, 6.07) is 5.04. The van der Waals surface area contributed by atoms with Gasteiger partial charge < -0.3 is 10.2 Å². The molecule has 0 bridgehead atoms. The summed E-state index contributed by atoms with van der Waals surface area (Å²) in [5.74, 6) is -0.520. The molecule has 1 atom stereocenters. The van der Waals surface area contributed by atoms with E-state index in [-0.39, 0.29) is 4.90 Å². The zero-order valence-corrected chi connectivity index (χ0v) is 12.9. The summed E-state index contributed by atoms with van der Waals surface area (Å²) in [5.41, 5.74) is -1.67.